The standard InChI is InChI=1S/C22H20BrClN4O6/c1-3-4-5-19-26-17-7-6-14(23)10-15(17)21(29)27(19)25-11-13-8-16(24)20(18(9-13)28(32)33)34-12(2)22(30)31/h6-12H,3-5H2,1-2H3,(H,30,31)/t12-/m0/s1. The summed E-state index contributed by atoms with van der Waals surface area (Å²) in [6, 6.07) is 7.66. The molecular weight excluding hydrogens is 532 g/mol. The fourth-order valence-corrected chi connectivity index (χ4v) is 3.72. The van der Waals surface area contributed by atoms with Gasteiger partial charge >= 0.3 is 11.7 Å². The highest BCUT2D eigenvalue weighted by atomic mass is 79.9. The van der Waals surface area contributed by atoms with Crippen LogP contribution >= 0.6 is 27.5 Å². The predicted molar refractivity (Wildman–Crippen MR) is 131 cm³/mol. The summed E-state index contributed by atoms with van der Waals surface area (Å²) in [6.07, 6.45) is 2.09. The maximum Gasteiger partial charge on any atom is 0.344 e. The number of aliphatic carboxylic acids is 1. The van der Waals surface area contributed by atoms with Gasteiger partial charge in [-0.05, 0) is 37.6 Å². The van der Waals surface area contributed by atoms with Crippen molar-refractivity contribution in [2.75, 3.05) is 0 Å². The minimum Gasteiger partial charge on any atom is -0.479 e. The van der Waals surface area contributed by atoms with E-state index in [1.54, 1.807) is 18.2 Å². The third kappa shape index (κ3) is 5.60. The van der Waals surface area contributed by atoms with Gasteiger partial charge in [0.25, 0.3) is 5.56 Å². The first-order chi connectivity index (χ1) is 16.1. The Morgan fingerprint density at radius 3 is 2.79 bits per heavy atom. The number of ether oxygens (including phenoxy) is 1. The number of halogens is 2. The number of aryl methyl sites for hydroxylation is 1. The van der Waals surface area contributed by atoms with Gasteiger partial charge in [0.05, 0.1) is 27.1 Å². The Hall–Kier alpha value is -3.31. The van der Waals surface area contributed by atoms with E-state index in [9.17, 15) is 19.7 Å². The third-order valence-corrected chi connectivity index (χ3v) is 5.61. The number of nitrogens with zero attached hydrogens (tertiary/aromatic N) is 4. The summed E-state index contributed by atoms with van der Waals surface area (Å²) in [4.78, 5) is 39.6. The molecule has 0 bridgehead atoms. The van der Waals surface area contributed by atoms with Gasteiger partial charge in [0.1, 0.15) is 5.82 Å². The lowest BCUT2D eigenvalue weighted by atomic mass is 10.2. The van der Waals surface area contributed by atoms with E-state index in [1.807, 2.05) is 6.92 Å². The number of carboxylic acids is 1. The first-order valence-electron chi connectivity index (χ1n) is 10.2. The molecule has 1 atom stereocenters. The van der Waals surface area contributed by atoms with E-state index in [1.165, 1.54) is 23.9 Å². The second kappa shape index (κ2) is 10.7. The molecule has 0 spiro atoms. The molecule has 0 aliphatic carbocycles. The number of aromatic nitrogens is 2. The number of nitro groups is 1. The smallest absolute Gasteiger partial charge is 0.344 e. The van der Waals surface area contributed by atoms with Gasteiger partial charge in [0.2, 0.25) is 5.75 Å². The summed E-state index contributed by atoms with van der Waals surface area (Å²) in [5.74, 6) is -1.21. The van der Waals surface area contributed by atoms with E-state index in [-0.39, 0.29) is 21.9 Å². The molecule has 34 heavy (non-hydrogen) atoms. The van der Waals surface area contributed by atoms with Crippen molar-refractivity contribution in [2.24, 2.45) is 5.10 Å². The molecule has 0 aliphatic rings. The van der Waals surface area contributed by atoms with Crippen LogP contribution in [-0.2, 0) is 11.2 Å². The van der Waals surface area contributed by atoms with Gasteiger partial charge < -0.3 is 9.84 Å². The maximum atomic E-state index is 13.1. The highest BCUT2D eigenvalue weighted by molar-refractivity contribution is 9.10. The second-order valence-corrected chi connectivity index (χ2v) is 8.68. The quantitative estimate of drug-likeness (QED) is 0.229. The van der Waals surface area contributed by atoms with Crippen molar-refractivity contribution in [2.45, 2.75) is 39.2 Å². The van der Waals surface area contributed by atoms with Crippen molar-refractivity contribution in [1.29, 1.82) is 0 Å². The van der Waals surface area contributed by atoms with Crippen molar-refractivity contribution in [1.82, 2.24) is 9.66 Å². The fraction of sp³-hybridized carbons (Fsp3) is 0.273. The molecule has 0 unspecified atom stereocenters. The number of carbonyl (C=O) groups is 1. The molecule has 10 nitrogen and oxygen atoms in total. The zero-order valence-electron chi connectivity index (χ0n) is 18.2. The van der Waals surface area contributed by atoms with Crippen molar-refractivity contribution < 1.29 is 19.6 Å². The lowest BCUT2D eigenvalue weighted by Gasteiger charge is -2.12. The van der Waals surface area contributed by atoms with Crippen LogP contribution in [0.3, 0.4) is 0 Å². The summed E-state index contributed by atoms with van der Waals surface area (Å²) >= 11 is 9.51. The molecule has 1 N–H and O–H groups in total. The lowest BCUT2D eigenvalue weighted by Crippen LogP contribution is -2.23. The molecule has 0 saturated heterocycles. The molecular formula is C22H20BrClN4O6. The van der Waals surface area contributed by atoms with Gasteiger partial charge in [0.15, 0.2) is 6.10 Å². The van der Waals surface area contributed by atoms with Crippen LogP contribution < -0.4 is 10.3 Å². The summed E-state index contributed by atoms with van der Waals surface area (Å²) in [5, 5.41) is 25.0. The van der Waals surface area contributed by atoms with Crippen LogP contribution in [0.1, 0.15) is 38.1 Å². The average molecular weight is 552 g/mol. The SMILES string of the molecule is CCCCc1nc2ccc(Br)cc2c(=O)n1N=Cc1cc(Cl)c(O[C@@H](C)C(=O)O)c([N+](=O)[O-])c1. The Bertz CT molecular complexity index is 1360. The minimum atomic E-state index is -1.35. The summed E-state index contributed by atoms with van der Waals surface area (Å²) in [7, 11) is 0. The molecule has 1 heterocycles. The maximum absolute atomic E-state index is 13.1. The normalized spacial score (nSPS) is 12.2. The van der Waals surface area contributed by atoms with Crippen molar-refractivity contribution >= 4 is 56.3 Å². The van der Waals surface area contributed by atoms with Crippen LogP contribution in [-0.4, -0.2) is 38.0 Å². The number of hydrogen-bond acceptors (Lipinski definition) is 7. The van der Waals surface area contributed by atoms with Crippen molar-refractivity contribution in [3.63, 3.8) is 0 Å². The van der Waals surface area contributed by atoms with Crippen LogP contribution in [0.2, 0.25) is 5.02 Å². The van der Waals surface area contributed by atoms with Gasteiger partial charge in [-0.15, -0.1) is 0 Å². The highest BCUT2D eigenvalue weighted by Gasteiger charge is 2.24. The number of fused-ring (bicyclic) bond motifs is 1. The number of hydrogen-bond donors (Lipinski definition) is 1. The van der Waals surface area contributed by atoms with Gasteiger partial charge in [-0.25, -0.2) is 9.78 Å². The summed E-state index contributed by atoms with van der Waals surface area (Å²) in [5.41, 5.74) is -0.154. The highest BCUT2D eigenvalue weighted by Crippen LogP contribution is 2.36. The minimum absolute atomic E-state index is 0.164. The second-order valence-electron chi connectivity index (χ2n) is 7.36. The Morgan fingerprint density at radius 2 is 2.15 bits per heavy atom. The fourth-order valence-electron chi connectivity index (χ4n) is 3.09. The van der Waals surface area contributed by atoms with E-state index < -0.39 is 22.7 Å². The molecule has 12 heteroatoms. The Labute approximate surface area is 207 Å². The average Bonchev–Trinajstić information content (AvgIpc) is 2.78. The zero-order valence-corrected chi connectivity index (χ0v) is 20.5. The predicted octanol–water partition coefficient (Wildman–Crippen LogP) is 4.80. The number of rotatable bonds is 9. The topological polar surface area (TPSA) is 137 Å². The lowest BCUT2D eigenvalue weighted by molar-refractivity contribution is -0.386. The molecule has 0 saturated carbocycles. The molecule has 1 aromatic heterocycles. The molecule has 0 radical (unpaired) electrons. The van der Waals surface area contributed by atoms with E-state index in [0.717, 1.165) is 18.9 Å². The van der Waals surface area contributed by atoms with Gasteiger partial charge in [-0.3, -0.25) is 14.9 Å². The molecule has 178 valence electrons. The van der Waals surface area contributed by atoms with Gasteiger partial charge in [0, 0.05) is 22.5 Å². The zero-order chi connectivity index (χ0) is 25.0. The van der Waals surface area contributed by atoms with E-state index in [0.29, 0.717) is 27.6 Å². The first kappa shape index (κ1) is 25.3. The largest absolute Gasteiger partial charge is 0.479 e. The molecule has 2 aromatic carbocycles. The molecule has 3 rings (SSSR count). The molecule has 3 aromatic rings. The summed E-state index contributed by atoms with van der Waals surface area (Å²) in [6.45, 7) is 3.24. The number of benzene rings is 2. The number of nitro benzene ring substituents is 1. The Morgan fingerprint density at radius 1 is 1.41 bits per heavy atom. The van der Waals surface area contributed by atoms with Gasteiger partial charge in [-0.2, -0.15) is 9.78 Å². The van der Waals surface area contributed by atoms with Crippen LogP contribution in [0, 0.1) is 10.1 Å². The van der Waals surface area contributed by atoms with Crippen LogP contribution in [0.4, 0.5) is 5.69 Å². The van der Waals surface area contributed by atoms with Crippen LogP contribution in [0.5, 0.6) is 5.75 Å². The number of unbranched alkanes of at least 4 members (excludes halogenated alkanes) is 1. The van der Waals surface area contributed by atoms with E-state index in [2.05, 4.69) is 26.0 Å². The monoisotopic (exact) mass is 550 g/mol. The van der Waals surface area contributed by atoms with Crippen molar-refractivity contribution in [3.05, 3.63) is 71.7 Å². The number of carboxylic acid groups (broad SMARTS) is 1. The summed E-state index contributed by atoms with van der Waals surface area (Å²) < 4.78 is 7.05. The van der Waals surface area contributed by atoms with Crippen LogP contribution in [0.15, 0.2) is 44.7 Å². The molecule has 0 aliphatic heterocycles. The van der Waals surface area contributed by atoms with E-state index >= 15 is 0 Å². The van der Waals surface area contributed by atoms with Crippen LogP contribution in [0.25, 0.3) is 10.9 Å². The van der Waals surface area contributed by atoms with Gasteiger partial charge in [-0.1, -0.05) is 40.9 Å². The Balaban J connectivity index is 2.10. The molecule has 0 fully saturated rings. The third-order valence-electron chi connectivity index (χ3n) is 4.84. The Kier molecular flexibility index (Phi) is 8.00. The van der Waals surface area contributed by atoms with Crippen molar-refractivity contribution in [3.8, 4) is 5.75 Å². The van der Waals surface area contributed by atoms with E-state index in [4.69, 9.17) is 21.4 Å². The molecule has 0 amide bonds. The first-order valence-corrected chi connectivity index (χ1v) is 11.4.